The minimum atomic E-state index is 0.700. The molecule has 1 aromatic heterocycles. The fourth-order valence-corrected chi connectivity index (χ4v) is 1.71. The van der Waals surface area contributed by atoms with Crippen molar-refractivity contribution in [3.63, 3.8) is 0 Å². The van der Waals surface area contributed by atoms with Crippen LogP contribution in [0.3, 0.4) is 0 Å². The van der Waals surface area contributed by atoms with E-state index in [2.05, 4.69) is 21.9 Å². The fourth-order valence-electron chi connectivity index (χ4n) is 1.71. The summed E-state index contributed by atoms with van der Waals surface area (Å²) in [5.41, 5.74) is 8.85. The third-order valence-electron chi connectivity index (χ3n) is 2.74. The normalized spacial score (nSPS) is 11.7. The molecule has 0 bridgehead atoms. The average molecular weight is 242 g/mol. The van der Waals surface area contributed by atoms with Crippen molar-refractivity contribution in [2.24, 2.45) is 10.7 Å². The zero-order valence-electron chi connectivity index (χ0n) is 10.6. The Bertz CT molecular complexity index is 497. The van der Waals surface area contributed by atoms with Gasteiger partial charge < -0.3 is 10.7 Å². The number of nitrogens with two attached hydrogens (primary N) is 1. The molecular formula is C14H18N4. The van der Waals surface area contributed by atoms with Crippen LogP contribution in [0.4, 0.5) is 5.69 Å². The Hall–Kier alpha value is -2.10. The molecule has 0 amide bonds. The molecule has 0 atom stereocenters. The lowest BCUT2D eigenvalue weighted by Crippen LogP contribution is -2.10. The van der Waals surface area contributed by atoms with Crippen LogP contribution in [0.25, 0.3) is 11.3 Å². The van der Waals surface area contributed by atoms with E-state index in [1.54, 1.807) is 12.5 Å². The van der Waals surface area contributed by atoms with Gasteiger partial charge in [-0.1, -0.05) is 25.5 Å². The molecule has 0 fully saturated rings. The van der Waals surface area contributed by atoms with E-state index >= 15 is 0 Å². The molecule has 0 saturated heterocycles. The minimum absolute atomic E-state index is 0.700. The second-order valence-corrected chi connectivity index (χ2v) is 4.22. The molecule has 0 spiro atoms. The van der Waals surface area contributed by atoms with Crippen LogP contribution in [-0.2, 0) is 0 Å². The smallest absolute Gasteiger partial charge is 0.0996 e. The van der Waals surface area contributed by atoms with E-state index < -0.39 is 0 Å². The molecule has 2 rings (SSSR count). The van der Waals surface area contributed by atoms with E-state index in [1.807, 2.05) is 24.3 Å². The van der Waals surface area contributed by atoms with Gasteiger partial charge in [-0.25, -0.2) is 9.98 Å². The quantitative estimate of drug-likeness (QED) is 0.624. The number of hydrogen-bond acceptors (Lipinski definition) is 2. The molecule has 4 heteroatoms. The highest BCUT2D eigenvalue weighted by Gasteiger charge is 1.99. The minimum Gasteiger partial charge on any atom is -0.387 e. The molecule has 94 valence electrons. The lowest BCUT2D eigenvalue weighted by molar-refractivity contribution is 0.831. The van der Waals surface area contributed by atoms with Gasteiger partial charge in [-0.05, 0) is 24.1 Å². The summed E-state index contributed by atoms with van der Waals surface area (Å²) in [6, 6.07) is 7.96. The SMILES string of the molecule is CCCCC(N)=Nc1ccc(-c2cnc[nH]2)cc1. The van der Waals surface area contributed by atoms with E-state index in [9.17, 15) is 0 Å². The Balaban J connectivity index is 2.08. The molecular weight excluding hydrogens is 224 g/mol. The van der Waals surface area contributed by atoms with Crippen LogP contribution in [0.5, 0.6) is 0 Å². The highest BCUT2D eigenvalue weighted by Crippen LogP contribution is 2.20. The van der Waals surface area contributed by atoms with Gasteiger partial charge in [-0.15, -0.1) is 0 Å². The Morgan fingerprint density at radius 1 is 1.33 bits per heavy atom. The number of benzene rings is 1. The first-order chi connectivity index (χ1) is 8.79. The first kappa shape index (κ1) is 12.4. The Morgan fingerprint density at radius 3 is 2.72 bits per heavy atom. The van der Waals surface area contributed by atoms with Crippen LogP contribution in [0.2, 0.25) is 0 Å². The molecule has 1 aromatic carbocycles. The number of hydrogen-bond donors (Lipinski definition) is 2. The largest absolute Gasteiger partial charge is 0.387 e. The van der Waals surface area contributed by atoms with Crippen LogP contribution in [0, 0.1) is 0 Å². The maximum Gasteiger partial charge on any atom is 0.0996 e. The average Bonchev–Trinajstić information content (AvgIpc) is 2.91. The van der Waals surface area contributed by atoms with Crippen molar-refractivity contribution in [1.82, 2.24) is 9.97 Å². The number of unbranched alkanes of at least 4 members (excludes halogenated alkanes) is 1. The monoisotopic (exact) mass is 242 g/mol. The number of amidine groups is 1. The van der Waals surface area contributed by atoms with Gasteiger partial charge in [-0.2, -0.15) is 0 Å². The molecule has 0 radical (unpaired) electrons. The van der Waals surface area contributed by atoms with Crippen molar-refractivity contribution in [3.8, 4) is 11.3 Å². The van der Waals surface area contributed by atoms with Crippen LogP contribution in [-0.4, -0.2) is 15.8 Å². The summed E-state index contributed by atoms with van der Waals surface area (Å²) in [6.07, 6.45) is 6.55. The van der Waals surface area contributed by atoms with Crippen molar-refractivity contribution >= 4 is 11.5 Å². The van der Waals surface area contributed by atoms with Gasteiger partial charge in [0.05, 0.1) is 29.7 Å². The topological polar surface area (TPSA) is 67.1 Å². The predicted octanol–water partition coefficient (Wildman–Crippen LogP) is 3.26. The summed E-state index contributed by atoms with van der Waals surface area (Å²) >= 11 is 0. The highest BCUT2D eigenvalue weighted by atomic mass is 14.9. The molecule has 0 aliphatic rings. The van der Waals surface area contributed by atoms with Gasteiger partial charge in [0.15, 0.2) is 0 Å². The molecule has 3 N–H and O–H groups in total. The molecule has 1 heterocycles. The summed E-state index contributed by atoms with van der Waals surface area (Å²) < 4.78 is 0. The Labute approximate surface area is 107 Å². The number of imidazole rings is 1. The van der Waals surface area contributed by atoms with Gasteiger partial charge in [-0.3, -0.25) is 0 Å². The lowest BCUT2D eigenvalue weighted by atomic mass is 10.1. The lowest BCUT2D eigenvalue weighted by Gasteiger charge is -2.01. The van der Waals surface area contributed by atoms with E-state index in [0.717, 1.165) is 36.2 Å². The maximum absolute atomic E-state index is 5.86. The summed E-state index contributed by atoms with van der Waals surface area (Å²) in [5, 5.41) is 0. The van der Waals surface area contributed by atoms with Crippen molar-refractivity contribution in [1.29, 1.82) is 0 Å². The number of aromatic nitrogens is 2. The van der Waals surface area contributed by atoms with E-state index in [0.29, 0.717) is 5.84 Å². The summed E-state index contributed by atoms with van der Waals surface area (Å²) in [5.74, 6) is 0.700. The Morgan fingerprint density at radius 2 is 2.11 bits per heavy atom. The molecule has 4 nitrogen and oxygen atoms in total. The number of H-pyrrole nitrogens is 1. The van der Waals surface area contributed by atoms with Crippen molar-refractivity contribution < 1.29 is 0 Å². The van der Waals surface area contributed by atoms with Crippen molar-refractivity contribution in [2.45, 2.75) is 26.2 Å². The van der Waals surface area contributed by atoms with Gasteiger partial charge in [0.2, 0.25) is 0 Å². The molecule has 18 heavy (non-hydrogen) atoms. The van der Waals surface area contributed by atoms with E-state index in [4.69, 9.17) is 5.73 Å². The van der Waals surface area contributed by atoms with Gasteiger partial charge >= 0.3 is 0 Å². The first-order valence-corrected chi connectivity index (χ1v) is 6.21. The van der Waals surface area contributed by atoms with Crippen LogP contribution in [0.1, 0.15) is 26.2 Å². The summed E-state index contributed by atoms with van der Waals surface area (Å²) in [4.78, 5) is 11.5. The van der Waals surface area contributed by atoms with Crippen molar-refractivity contribution in [3.05, 3.63) is 36.8 Å². The second-order valence-electron chi connectivity index (χ2n) is 4.22. The molecule has 0 unspecified atom stereocenters. The second kappa shape index (κ2) is 6.00. The molecule has 0 saturated carbocycles. The summed E-state index contributed by atoms with van der Waals surface area (Å²) in [7, 11) is 0. The van der Waals surface area contributed by atoms with Crippen LogP contribution >= 0.6 is 0 Å². The molecule has 2 aromatic rings. The number of rotatable bonds is 5. The third kappa shape index (κ3) is 3.20. The molecule has 0 aliphatic carbocycles. The number of nitrogens with zero attached hydrogens (tertiary/aromatic N) is 2. The zero-order valence-corrected chi connectivity index (χ0v) is 10.6. The predicted molar refractivity (Wildman–Crippen MR) is 74.8 cm³/mol. The fraction of sp³-hybridized carbons (Fsp3) is 0.286. The van der Waals surface area contributed by atoms with Gasteiger partial charge in [0, 0.05) is 6.42 Å². The molecule has 0 aliphatic heterocycles. The van der Waals surface area contributed by atoms with Gasteiger partial charge in [0.1, 0.15) is 0 Å². The summed E-state index contributed by atoms with van der Waals surface area (Å²) in [6.45, 7) is 2.15. The standard InChI is InChI=1S/C14H18N4/c1-2-3-4-14(15)18-12-7-5-11(6-8-12)13-9-16-10-17-13/h5-10H,2-4H2,1H3,(H2,15,18)(H,16,17). The highest BCUT2D eigenvalue weighted by molar-refractivity contribution is 5.83. The van der Waals surface area contributed by atoms with Crippen molar-refractivity contribution in [2.75, 3.05) is 0 Å². The van der Waals surface area contributed by atoms with E-state index in [-0.39, 0.29) is 0 Å². The van der Waals surface area contributed by atoms with Gasteiger partial charge in [0.25, 0.3) is 0 Å². The number of aromatic amines is 1. The number of aliphatic imine (C=N–C) groups is 1. The number of nitrogens with one attached hydrogen (secondary N) is 1. The third-order valence-corrected chi connectivity index (χ3v) is 2.74. The Kier molecular flexibility index (Phi) is 4.12. The zero-order chi connectivity index (χ0) is 12.8. The van der Waals surface area contributed by atoms with E-state index in [1.165, 1.54) is 0 Å². The van der Waals surface area contributed by atoms with Crippen LogP contribution < -0.4 is 5.73 Å². The van der Waals surface area contributed by atoms with Crippen LogP contribution in [0.15, 0.2) is 41.8 Å². The maximum atomic E-state index is 5.86. The first-order valence-electron chi connectivity index (χ1n) is 6.21.